The number of aliphatic hydroxyl groups is 1. The molecule has 2 atom stereocenters. The topological polar surface area (TPSA) is 46.0 Å². The van der Waals surface area contributed by atoms with E-state index in [1.807, 2.05) is 0 Å². The average Bonchev–Trinajstić information content (AvgIpc) is 3.05. The van der Waals surface area contributed by atoms with Gasteiger partial charge in [-0.2, -0.15) is 0 Å². The van der Waals surface area contributed by atoms with E-state index in [1.165, 1.54) is 17.3 Å². The van der Waals surface area contributed by atoms with E-state index in [2.05, 4.69) is 9.97 Å². The van der Waals surface area contributed by atoms with Gasteiger partial charge in [0.25, 0.3) is 0 Å². The van der Waals surface area contributed by atoms with Crippen molar-refractivity contribution in [1.29, 1.82) is 0 Å². The molecule has 3 nitrogen and oxygen atoms in total. The molecular weight excluding hydrogens is 291 g/mol. The van der Waals surface area contributed by atoms with Crippen LogP contribution in [0.1, 0.15) is 36.3 Å². The maximum atomic E-state index is 10.0. The van der Waals surface area contributed by atoms with Gasteiger partial charge in [-0.1, -0.05) is 0 Å². The Morgan fingerprint density at radius 2 is 2.07 bits per heavy atom. The summed E-state index contributed by atoms with van der Waals surface area (Å²) in [5.41, 5.74) is 1.94. The second-order valence-corrected chi connectivity index (χ2v) is 7.23. The zero-order valence-electron chi connectivity index (χ0n) is 7.73. The molecule has 1 aromatic heterocycles. The number of rotatable bonds is 3. The molecule has 2 unspecified atom stereocenters. The monoisotopic (exact) mass is 303 g/mol. The Bertz CT molecular complexity index is 350. The molecule has 2 heterocycles. The number of alkyl halides is 2. The molecule has 0 radical (unpaired) electrons. The first-order valence-corrected chi connectivity index (χ1v) is 7.70. The minimum absolute atomic E-state index is 0.278. The van der Waals surface area contributed by atoms with Gasteiger partial charge < -0.3 is 0 Å². The Labute approximate surface area is 93.2 Å². The fraction of sp³-hybridized carbons (Fsp3) is 0.600. The molecular formula is C10H12IN2O-. The first-order chi connectivity index (χ1) is 6.86. The normalized spacial score (nSPS) is 27.9. The van der Waals surface area contributed by atoms with Crippen LogP contribution in [-0.2, 0) is 0 Å². The van der Waals surface area contributed by atoms with Crippen LogP contribution in [0.25, 0.3) is 0 Å². The van der Waals surface area contributed by atoms with E-state index in [0.717, 1.165) is 11.4 Å². The summed E-state index contributed by atoms with van der Waals surface area (Å²) >= 11 is 0.278. The van der Waals surface area contributed by atoms with Gasteiger partial charge in [0.2, 0.25) is 0 Å². The van der Waals surface area contributed by atoms with E-state index >= 15 is 0 Å². The van der Waals surface area contributed by atoms with Gasteiger partial charge >= 0.3 is 93.3 Å². The molecule has 0 aromatic carbocycles. The zero-order valence-corrected chi connectivity index (χ0v) is 9.89. The average molecular weight is 303 g/mol. The van der Waals surface area contributed by atoms with Crippen LogP contribution < -0.4 is 21.2 Å². The molecule has 1 N–H and O–H groups in total. The first-order valence-electron chi connectivity index (χ1n) is 4.93. The Hall–Kier alpha value is -0.230. The van der Waals surface area contributed by atoms with Crippen LogP contribution in [-0.4, -0.2) is 23.4 Å². The van der Waals surface area contributed by atoms with Crippen LogP contribution in [0.3, 0.4) is 0 Å². The van der Waals surface area contributed by atoms with Crippen LogP contribution in [0.2, 0.25) is 0 Å². The molecule has 1 aliphatic heterocycles. The molecule has 0 amide bonds. The fourth-order valence-corrected chi connectivity index (χ4v) is 3.25. The number of hydrogen-bond donors (Lipinski definition) is 1. The predicted octanol–water partition coefficient (Wildman–Crippen LogP) is -2.14. The van der Waals surface area contributed by atoms with Gasteiger partial charge in [-0.25, -0.2) is 0 Å². The Kier molecular flexibility index (Phi) is 2.20. The molecule has 2 aliphatic rings. The third-order valence-corrected chi connectivity index (χ3v) is 5.25. The van der Waals surface area contributed by atoms with Crippen molar-refractivity contribution >= 4 is 0 Å². The molecule has 4 heteroatoms. The van der Waals surface area contributed by atoms with Crippen LogP contribution >= 0.6 is 0 Å². The number of aliphatic hydroxyl groups excluding tert-OH is 1. The molecule has 2 fully saturated rings. The van der Waals surface area contributed by atoms with E-state index < -0.39 is 0 Å². The number of hydrogen-bond acceptors (Lipinski definition) is 3. The van der Waals surface area contributed by atoms with Crippen LogP contribution in [0.5, 0.6) is 0 Å². The molecule has 0 spiro atoms. The molecule has 1 saturated carbocycles. The fourth-order valence-electron chi connectivity index (χ4n) is 1.65. The first kappa shape index (κ1) is 9.03. The second-order valence-electron chi connectivity index (χ2n) is 3.87. The second kappa shape index (κ2) is 3.41. The Morgan fingerprint density at radius 3 is 2.71 bits per heavy atom. The van der Waals surface area contributed by atoms with E-state index in [1.54, 1.807) is 12.4 Å². The Balaban J connectivity index is 1.93. The van der Waals surface area contributed by atoms with Crippen molar-refractivity contribution in [3.05, 3.63) is 23.8 Å². The quantitative estimate of drug-likeness (QED) is 0.512. The van der Waals surface area contributed by atoms with Gasteiger partial charge in [-0.3, -0.25) is 0 Å². The summed E-state index contributed by atoms with van der Waals surface area (Å²) in [4.78, 5) is 8.67. The third-order valence-electron chi connectivity index (χ3n) is 2.68. The molecule has 1 saturated heterocycles. The molecule has 0 bridgehead atoms. The molecule has 3 rings (SSSR count). The molecule has 1 aromatic rings. The van der Waals surface area contributed by atoms with Crippen LogP contribution in [0.15, 0.2) is 12.4 Å². The summed E-state index contributed by atoms with van der Waals surface area (Å²) in [6.07, 6.45) is 5.57. The van der Waals surface area contributed by atoms with Gasteiger partial charge in [0.05, 0.1) is 0 Å². The minimum atomic E-state index is -0.313. The zero-order chi connectivity index (χ0) is 9.54. The number of aromatic nitrogens is 2. The third kappa shape index (κ3) is 1.65. The van der Waals surface area contributed by atoms with Gasteiger partial charge in [0.15, 0.2) is 0 Å². The van der Waals surface area contributed by atoms with Crippen molar-refractivity contribution in [3.63, 3.8) is 0 Å². The van der Waals surface area contributed by atoms with Crippen molar-refractivity contribution in [2.45, 2.75) is 28.8 Å². The van der Waals surface area contributed by atoms with Crippen molar-refractivity contribution < 1.29 is 26.3 Å². The SMILES string of the molecule is OC(c1nccnc1C1CC1)C1C[I-]1. The van der Waals surface area contributed by atoms with Crippen LogP contribution in [0, 0.1) is 0 Å². The Morgan fingerprint density at radius 1 is 1.36 bits per heavy atom. The van der Waals surface area contributed by atoms with E-state index in [0.29, 0.717) is 9.84 Å². The van der Waals surface area contributed by atoms with Gasteiger partial charge in [-0.15, -0.1) is 0 Å². The predicted molar refractivity (Wildman–Crippen MR) is 47.6 cm³/mol. The summed E-state index contributed by atoms with van der Waals surface area (Å²) in [5, 5.41) is 10.0. The van der Waals surface area contributed by atoms with Gasteiger partial charge in [0, 0.05) is 0 Å². The molecule has 14 heavy (non-hydrogen) atoms. The van der Waals surface area contributed by atoms with Crippen molar-refractivity contribution in [3.8, 4) is 0 Å². The number of halogens is 1. The van der Waals surface area contributed by atoms with Crippen molar-refractivity contribution in [2.24, 2.45) is 0 Å². The van der Waals surface area contributed by atoms with E-state index in [4.69, 9.17) is 0 Å². The van der Waals surface area contributed by atoms with Crippen LogP contribution in [0.4, 0.5) is 0 Å². The van der Waals surface area contributed by atoms with Crippen molar-refractivity contribution in [1.82, 2.24) is 9.97 Å². The number of nitrogens with zero attached hydrogens (tertiary/aromatic N) is 2. The summed E-state index contributed by atoms with van der Waals surface area (Å²) in [6, 6.07) is 0. The van der Waals surface area contributed by atoms with E-state index in [-0.39, 0.29) is 27.3 Å². The summed E-state index contributed by atoms with van der Waals surface area (Å²) in [7, 11) is 0. The van der Waals surface area contributed by atoms with Gasteiger partial charge in [0.1, 0.15) is 0 Å². The van der Waals surface area contributed by atoms with Gasteiger partial charge in [-0.05, 0) is 0 Å². The standard InChI is InChI=1S/C10H12IN2O/c14-10(7-5-11-7)9-8(6-1-2-6)12-3-4-13-9/h3-4,6-7,10,14H,1-2,5H2/q-1. The van der Waals surface area contributed by atoms with E-state index in [9.17, 15) is 5.11 Å². The maximum absolute atomic E-state index is 10.0. The van der Waals surface area contributed by atoms with Crippen molar-refractivity contribution in [2.75, 3.05) is 4.43 Å². The molecule has 76 valence electrons. The molecule has 1 aliphatic carbocycles. The summed E-state index contributed by atoms with van der Waals surface area (Å²) < 4.78 is 1.81. The summed E-state index contributed by atoms with van der Waals surface area (Å²) in [6.45, 7) is 0. The summed E-state index contributed by atoms with van der Waals surface area (Å²) in [5.74, 6) is 0.588.